The van der Waals surface area contributed by atoms with E-state index in [1.165, 1.54) is 19.1 Å². The van der Waals surface area contributed by atoms with Crippen LogP contribution in [0, 0.1) is 6.92 Å². The molecule has 0 saturated carbocycles. The monoisotopic (exact) mass is 293 g/mol. The van der Waals surface area contributed by atoms with Crippen molar-refractivity contribution < 1.29 is 13.2 Å². The summed E-state index contributed by atoms with van der Waals surface area (Å²) in [5.41, 5.74) is 7.10. The molecule has 3 N–H and O–H groups in total. The number of aromatic amines is 1. The first-order chi connectivity index (χ1) is 9.88. The summed E-state index contributed by atoms with van der Waals surface area (Å²) >= 11 is 0. The Hall–Kier alpha value is -2.50. The van der Waals surface area contributed by atoms with Crippen molar-refractivity contribution >= 4 is 16.6 Å². The van der Waals surface area contributed by atoms with E-state index in [0.717, 1.165) is 22.7 Å². The van der Waals surface area contributed by atoms with E-state index in [1.54, 1.807) is 0 Å². The average Bonchev–Trinajstić information content (AvgIpc) is 2.81. The number of nitrogen functional groups attached to an aromatic ring is 1. The lowest BCUT2D eigenvalue weighted by atomic mass is 10.2. The highest BCUT2D eigenvalue weighted by Gasteiger charge is 2.31. The van der Waals surface area contributed by atoms with Crippen molar-refractivity contribution in [2.45, 2.75) is 13.1 Å². The topological polar surface area (TPSA) is 54.7 Å². The van der Waals surface area contributed by atoms with Gasteiger partial charge in [-0.3, -0.25) is 0 Å². The van der Waals surface area contributed by atoms with Crippen molar-refractivity contribution in [2.75, 3.05) is 5.73 Å². The van der Waals surface area contributed by atoms with Crippen molar-refractivity contribution in [1.82, 2.24) is 9.97 Å². The summed E-state index contributed by atoms with van der Waals surface area (Å²) in [7, 11) is 0. The molecular formula is C15H14F3N3. The first-order valence-electron chi connectivity index (χ1n) is 6.20. The summed E-state index contributed by atoms with van der Waals surface area (Å²) in [5.74, 6) is 0. The van der Waals surface area contributed by atoms with E-state index in [2.05, 4.69) is 9.97 Å². The van der Waals surface area contributed by atoms with Gasteiger partial charge in [0.2, 0.25) is 0 Å². The largest absolute Gasteiger partial charge is 0.433 e. The Bertz CT molecular complexity index is 732. The number of aryl methyl sites for hydroxylation is 1. The molecule has 0 aliphatic heterocycles. The van der Waals surface area contributed by atoms with Crippen LogP contribution in [0.15, 0.2) is 48.7 Å². The van der Waals surface area contributed by atoms with Gasteiger partial charge in [0.15, 0.2) is 0 Å². The molecule has 0 aliphatic carbocycles. The number of alkyl halides is 3. The second kappa shape index (κ2) is 5.87. The van der Waals surface area contributed by atoms with Crippen LogP contribution in [0.1, 0.15) is 11.4 Å². The van der Waals surface area contributed by atoms with Gasteiger partial charge in [-0.1, -0.05) is 24.3 Å². The number of hydrogen-bond acceptors (Lipinski definition) is 2. The van der Waals surface area contributed by atoms with E-state index < -0.39 is 11.9 Å². The van der Waals surface area contributed by atoms with Crippen molar-refractivity contribution in [2.24, 2.45) is 0 Å². The number of nitrogens with two attached hydrogens (primary N) is 1. The first kappa shape index (κ1) is 14.9. The Morgan fingerprint density at radius 1 is 1.05 bits per heavy atom. The quantitative estimate of drug-likeness (QED) is 0.654. The van der Waals surface area contributed by atoms with Crippen LogP contribution in [-0.2, 0) is 6.18 Å². The van der Waals surface area contributed by atoms with Gasteiger partial charge >= 0.3 is 6.18 Å². The van der Waals surface area contributed by atoms with E-state index in [4.69, 9.17) is 5.73 Å². The number of para-hydroxylation sites is 1. The van der Waals surface area contributed by atoms with Crippen LogP contribution in [0.2, 0.25) is 0 Å². The number of halogens is 3. The average molecular weight is 293 g/mol. The van der Waals surface area contributed by atoms with Crippen molar-refractivity contribution in [1.29, 1.82) is 0 Å². The highest BCUT2D eigenvalue weighted by molar-refractivity contribution is 5.90. The second-order valence-corrected chi connectivity index (χ2v) is 4.45. The van der Waals surface area contributed by atoms with Crippen LogP contribution < -0.4 is 5.73 Å². The fourth-order valence-corrected chi connectivity index (χ4v) is 1.79. The molecule has 0 saturated heterocycles. The minimum atomic E-state index is -4.33. The van der Waals surface area contributed by atoms with Gasteiger partial charge in [0.1, 0.15) is 5.69 Å². The molecule has 0 fully saturated rings. The van der Waals surface area contributed by atoms with Crippen molar-refractivity contribution in [3.63, 3.8) is 0 Å². The third-order valence-corrected chi connectivity index (χ3v) is 2.80. The van der Waals surface area contributed by atoms with Gasteiger partial charge in [0.25, 0.3) is 0 Å². The van der Waals surface area contributed by atoms with Crippen LogP contribution in [0.25, 0.3) is 10.9 Å². The number of nitrogens with zero attached hydrogens (tertiary/aromatic N) is 1. The number of H-pyrrole nitrogens is 1. The molecule has 0 aliphatic rings. The number of rotatable bonds is 0. The number of benzene rings is 1. The molecule has 3 nitrogen and oxygen atoms in total. The molecule has 0 unspecified atom stereocenters. The number of aromatic nitrogens is 2. The lowest BCUT2D eigenvalue weighted by molar-refractivity contribution is -0.141. The normalized spacial score (nSPS) is 11.0. The molecule has 3 aromatic rings. The van der Waals surface area contributed by atoms with E-state index in [9.17, 15) is 13.2 Å². The second-order valence-electron chi connectivity index (χ2n) is 4.45. The van der Waals surface area contributed by atoms with Gasteiger partial charge in [-0.15, -0.1) is 0 Å². The number of hydrogen-bond donors (Lipinski definition) is 2. The molecule has 0 amide bonds. The zero-order valence-corrected chi connectivity index (χ0v) is 11.3. The fraction of sp³-hybridized carbons (Fsp3) is 0.133. The summed E-state index contributed by atoms with van der Waals surface area (Å²) < 4.78 is 35.7. The summed E-state index contributed by atoms with van der Waals surface area (Å²) in [4.78, 5) is 6.38. The Morgan fingerprint density at radius 3 is 2.33 bits per heavy atom. The predicted octanol–water partition coefficient (Wildman–Crippen LogP) is 4.16. The fourth-order valence-electron chi connectivity index (χ4n) is 1.79. The summed E-state index contributed by atoms with van der Waals surface area (Å²) in [5, 5.41) is 1.10. The highest BCUT2D eigenvalue weighted by Crippen LogP contribution is 2.27. The lowest BCUT2D eigenvalue weighted by Gasteiger charge is -2.04. The summed E-state index contributed by atoms with van der Waals surface area (Å²) in [6.45, 7) is 1.52. The molecule has 6 heteroatoms. The van der Waals surface area contributed by atoms with Crippen molar-refractivity contribution in [3.05, 3.63) is 60.0 Å². The number of pyridine rings is 1. The zero-order valence-electron chi connectivity index (χ0n) is 11.3. The highest BCUT2D eigenvalue weighted by atomic mass is 19.4. The smallest absolute Gasteiger partial charge is 0.397 e. The third-order valence-electron chi connectivity index (χ3n) is 2.80. The van der Waals surface area contributed by atoms with Gasteiger partial charge in [-0.2, -0.15) is 13.2 Å². The lowest BCUT2D eigenvalue weighted by Crippen LogP contribution is -2.07. The predicted molar refractivity (Wildman–Crippen MR) is 76.7 cm³/mol. The minimum Gasteiger partial charge on any atom is -0.397 e. The molecule has 110 valence electrons. The number of anilines is 1. The molecule has 0 spiro atoms. The standard InChI is InChI=1S/C8H8N2.C7H6F3N/c9-7-5-10-8-4-2-1-3-6(7)8;1-5-3-2-4-6(11-5)7(8,9)10/h1-5,10H,9H2;2-4H,1H3. The van der Waals surface area contributed by atoms with Crippen molar-refractivity contribution in [3.8, 4) is 0 Å². The van der Waals surface area contributed by atoms with E-state index in [0.29, 0.717) is 5.69 Å². The van der Waals surface area contributed by atoms with Crippen LogP contribution in [0.5, 0.6) is 0 Å². The molecule has 3 rings (SSSR count). The first-order valence-corrected chi connectivity index (χ1v) is 6.20. The van der Waals surface area contributed by atoms with Gasteiger partial charge in [0.05, 0.1) is 5.69 Å². The SMILES string of the molecule is Cc1cccc(C(F)(F)F)n1.Nc1c[nH]c2ccccc12. The molecule has 1 aromatic carbocycles. The zero-order chi connectivity index (χ0) is 15.5. The Labute approximate surface area is 119 Å². The van der Waals surface area contributed by atoms with E-state index >= 15 is 0 Å². The molecule has 21 heavy (non-hydrogen) atoms. The molecule has 0 atom stereocenters. The maximum Gasteiger partial charge on any atom is 0.433 e. The van der Waals surface area contributed by atoms with Gasteiger partial charge in [-0.05, 0) is 25.1 Å². The summed E-state index contributed by atoms with van der Waals surface area (Å²) in [6.07, 6.45) is -2.52. The molecular weight excluding hydrogens is 279 g/mol. The van der Waals surface area contributed by atoms with Crippen LogP contribution in [-0.4, -0.2) is 9.97 Å². The van der Waals surface area contributed by atoms with E-state index in [-0.39, 0.29) is 0 Å². The molecule has 0 bridgehead atoms. The maximum atomic E-state index is 11.9. The Balaban J connectivity index is 0.000000154. The third kappa shape index (κ3) is 3.75. The van der Waals surface area contributed by atoms with Gasteiger partial charge in [-0.25, -0.2) is 4.98 Å². The number of fused-ring (bicyclic) bond motifs is 1. The number of nitrogens with one attached hydrogen (secondary N) is 1. The van der Waals surface area contributed by atoms with E-state index in [1.807, 2.05) is 30.5 Å². The van der Waals surface area contributed by atoms with Gasteiger partial charge < -0.3 is 10.7 Å². The van der Waals surface area contributed by atoms with Crippen LogP contribution in [0.4, 0.5) is 18.9 Å². The molecule has 2 heterocycles. The Kier molecular flexibility index (Phi) is 4.16. The minimum absolute atomic E-state index is 0.375. The van der Waals surface area contributed by atoms with Crippen LogP contribution >= 0.6 is 0 Å². The Morgan fingerprint density at radius 2 is 1.76 bits per heavy atom. The maximum absolute atomic E-state index is 11.9. The molecule has 2 aromatic heterocycles. The van der Waals surface area contributed by atoms with Gasteiger partial charge in [0, 0.05) is 22.8 Å². The van der Waals surface area contributed by atoms with Crippen LogP contribution in [0.3, 0.4) is 0 Å². The summed E-state index contributed by atoms with van der Waals surface area (Å²) in [6, 6.07) is 11.8. The molecule has 0 radical (unpaired) electrons.